The van der Waals surface area contributed by atoms with E-state index < -0.39 is 0 Å². The molecular formula is C22H35IN4O3. The van der Waals surface area contributed by atoms with Gasteiger partial charge in [-0.15, -0.1) is 24.0 Å². The first kappa shape index (κ1) is 24.6. The molecule has 0 spiro atoms. The topological polar surface area (TPSA) is 84.0 Å². The van der Waals surface area contributed by atoms with Crippen LogP contribution in [0.5, 0.6) is 11.5 Å². The van der Waals surface area contributed by atoms with Crippen LogP contribution < -0.4 is 25.4 Å². The van der Waals surface area contributed by atoms with Crippen molar-refractivity contribution in [3.05, 3.63) is 24.3 Å². The van der Waals surface area contributed by atoms with Gasteiger partial charge in [-0.25, -0.2) is 0 Å². The number of ether oxygens (including phenoxy) is 2. The Labute approximate surface area is 196 Å². The summed E-state index contributed by atoms with van der Waals surface area (Å²) < 4.78 is 11.0. The highest BCUT2D eigenvalue weighted by atomic mass is 127. The Kier molecular flexibility index (Phi) is 10.5. The Hall–Kier alpha value is -1.71. The average molecular weight is 530 g/mol. The van der Waals surface area contributed by atoms with Crippen molar-refractivity contribution < 1.29 is 14.3 Å². The quantitative estimate of drug-likeness (QED) is 0.198. The number of carbonyl (C=O) groups excluding carboxylic acids is 1. The Morgan fingerprint density at radius 1 is 1.13 bits per heavy atom. The number of hydrogen-bond acceptors (Lipinski definition) is 4. The lowest BCUT2D eigenvalue weighted by Gasteiger charge is -2.30. The largest absolute Gasteiger partial charge is 0.497 e. The number of aliphatic imine (C=N–C) groups is 1. The zero-order valence-electron chi connectivity index (χ0n) is 18.0. The molecule has 2 aliphatic rings. The van der Waals surface area contributed by atoms with Crippen molar-refractivity contribution >= 4 is 35.8 Å². The normalized spacial score (nSPS) is 21.2. The minimum absolute atomic E-state index is 0. The smallest absolute Gasteiger partial charge is 0.223 e. The number of methoxy groups -OCH3 is 1. The molecule has 3 N–H and O–H groups in total. The second-order valence-electron chi connectivity index (χ2n) is 7.87. The third-order valence-corrected chi connectivity index (χ3v) is 5.46. The monoisotopic (exact) mass is 530 g/mol. The molecule has 0 aromatic heterocycles. The molecule has 2 aliphatic carbocycles. The summed E-state index contributed by atoms with van der Waals surface area (Å²) in [6.07, 6.45) is 7.15. The van der Waals surface area contributed by atoms with Gasteiger partial charge >= 0.3 is 0 Å². The van der Waals surface area contributed by atoms with Gasteiger partial charge in [0, 0.05) is 37.7 Å². The number of halogens is 1. The van der Waals surface area contributed by atoms with Crippen LogP contribution in [-0.2, 0) is 4.79 Å². The first-order valence-electron chi connectivity index (χ1n) is 10.7. The van der Waals surface area contributed by atoms with E-state index in [9.17, 15) is 4.79 Å². The molecular weight excluding hydrogens is 495 g/mol. The highest BCUT2D eigenvalue weighted by molar-refractivity contribution is 14.0. The van der Waals surface area contributed by atoms with Crippen LogP contribution in [0.2, 0.25) is 0 Å². The molecule has 8 heteroatoms. The van der Waals surface area contributed by atoms with Gasteiger partial charge in [-0.3, -0.25) is 9.79 Å². The van der Waals surface area contributed by atoms with E-state index in [0.29, 0.717) is 12.6 Å². The third kappa shape index (κ3) is 8.20. The summed E-state index contributed by atoms with van der Waals surface area (Å²) in [4.78, 5) is 16.7. The molecule has 168 valence electrons. The van der Waals surface area contributed by atoms with Crippen LogP contribution in [-0.4, -0.2) is 51.3 Å². The summed E-state index contributed by atoms with van der Waals surface area (Å²) >= 11 is 0. The Morgan fingerprint density at radius 2 is 1.93 bits per heavy atom. The highest BCUT2D eigenvalue weighted by Gasteiger charge is 2.31. The predicted molar refractivity (Wildman–Crippen MR) is 130 cm³/mol. The van der Waals surface area contributed by atoms with E-state index in [1.165, 1.54) is 0 Å². The minimum Gasteiger partial charge on any atom is -0.497 e. The molecule has 2 atom stereocenters. The van der Waals surface area contributed by atoms with E-state index in [1.807, 2.05) is 24.3 Å². The third-order valence-electron chi connectivity index (χ3n) is 5.46. The fourth-order valence-corrected chi connectivity index (χ4v) is 3.65. The average Bonchev–Trinajstić information content (AvgIpc) is 3.57. The van der Waals surface area contributed by atoms with Gasteiger partial charge in [0.2, 0.25) is 5.91 Å². The van der Waals surface area contributed by atoms with E-state index in [4.69, 9.17) is 9.47 Å². The lowest BCUT2D eigenvalue weighted by atomic mass is 9.85. The number of benzene rings is 1. The number of hydrogen-bond donors (Lipinski definition) is 3. The van der Waals surface area contributed by atoms with E-state index in [0.717, 1.165) is 68.9 Å². The summed E-state index contributed by atoms with van der Waals surface area (Å²) in [6.45, 7) is 1.38. The Bertz CT molecular complexity index is 697. The molecule has 0 aliphatic heterocycles. The fourth-order valence-electron chi connectivity index (χ4n) is 3.65. The fraction of sp³-hybridized carbons (Fsp3) is 0.636. The minimum atomic E-state index is 0. The molecule has 0 radical (unpaired) electrons. The SMILES string of the molecule is CN=C(NCCCOc1cccc(OC)c1)NC1CCCC(C(=O)NC2CC2)C1.I. The van der Waals surface area contributed by atoms with Gasteiger partial charge in [0.1, 0.15) is 11.5 Å². The number of nitrogens with zero attached hydrogens (tertiary/aromatic N) is 1. The molecule has 2 saturated carbocycles. The molecule has 2 fully saturated rings. The number of guanidine groups is 1. The maximum atomic E-state index is 12.3. The van der Waals surface area contributed by atoms with Crippen LogP contribution >= 0.6 is 24.0 Å². The predicted octanol–water partition coefficient (Wildman–Crippen LogP) is 3.08. The van der Waals surface area contributed by atoms with Crippen LogP contribution in [0.3, 0.4) is 0 Å². The molecule has 2 unspecified atom stereocenters. The second kappa shape index (κ2) is 12.9. The van der Waals surface area contributed by atoms with Crippen molar-refractivity contribution in [2.45, 2.75) is 57.0 Å². The van der Waals surface area contributed by atoms with E-state index in [-0.39, 0.29) is 41.8 Å². The molecule has 30 heavy (non-hydrogen) atoms. The molecule has 0 bridgehead atoms. The standard InChI is InChI=1S/C22H34N4O3.HI/c1-23-22(24-12-5-13-29-20-9-4-8-19(15-20)28-2)26-18-7-3-6-16(14-18)21(27)25-17-10-11-17;/h4,8-9,15-18H,3,5-7,10-14H2,1-2H3,(H,25,27)(H2,23,24,26);1H. The van der Waals surface area contributed by atoms with Crippen molar-refractivity contribution in [2.24, 2.45) is 10.9 Å². The van der Waals surface area contributed by atoms with Gasteiger partial charge < -0.3 is 25.4 Å². The van der Waals surface area contributed by atoms with Crippen molar-refractivity contribution in [2.75, 3.05) is 27.3 Å². The summed E-state index contributed by atoms with van der Waals surface area (Å²) in [5.74, 6) is 2.75. The molecule has 1 aromatic carbocycles. The van der Waals surface area contributed by atoms with Gasteiger partial charge in [-0.05, 0) is 50.7 Å². The van der Waals surface area contributed by atoms with Crippen LogP contribution in [0.1, 0.15) is 44.9 Å². The van der Waals surface area contributed by atoms with Gasteiger partial charge in [-0.1, -0.05) is 12.5 Å². The molecule has 1 aromatic rings. The van der Waals surface area contributed by atoms with Gasteiger partial charge in [0.25, 0.3) is 0 Å². The number of rotatable bonds is 9. The highest BCUT2D eigenvalue weighted by Crippen LogP contribution is 2.26. The molecule has 7 nitrogen and oxygen atoms in total. The zero-order chi connectivity index (χ0) is 20.5. The summed E-state index contributed by atoms with van der Waals surface area (Å²) in [7, 11) is 3.43. The van der Waals surface area contributed by atoms with Crippen molar-refractivity contribution in [1.29, 1.82) is 0 Å². The second-order valence-corrected chi connectivity index (χ2v) is 7.87. The first-order chi connectivity index (χ1) is 14.2. The Morgan fingerprint density at radius 3 is 2.67 bits per heavy atom. The summed E-state index contributed by atoms with van der Waals surface area (Å²) in [6, 6.07) is 8.35. The number of nitrogens with one attached hydrogen (secondary N) is 3. The number of carbonyl (C=O) groups is 1. The van der Waals surface area contributed by atoms with Crippen LogP contribution in [0.4, 0.5) is 0 Å². The van der Waals surface area contributed by atoms with Crippen molar-refractivity contribution in [1.82, 2.24) is 16.0 Å². The van der Waals surface area contributed by atoms with Gasteiger partial charge in [-0.2, -0.15) is 0 Å². The first-order valence-corrected chi connectivity index (χ1v) is 10.7. The summed E-state index contributed by atoms with van der Waals surface area (Å²) in [5.41, 5.74) is 0. The lowest BCUT2D eigenvalue weighted by molar-refractivity contribution is -0.126. The van der Waals surface area contributed by atoms with Crippen molar-refractivity contribution in [3.63, 3.8) is 0 Å². The zero-order valence-corrected chi connectivity index (χ0v) is 20.3. The maximum absolute atomic E-state index is 12.3. The molecule has 3 rings (SSSR count). The van der Waals surface area contributed by atoms with Gasteiger partial charge in [0.05, 0.1) is 13.7 Å². The van der Waals surface area contributed by atoms with Crippen LogP contribution in [0, 0.1) is 5.92 Å². The van der Waals surface area contributed by atoms with E-state index in [1.54, 1.807) is 14.2 Å². The van der Waals surface area contributed by atoms with E-state index >= 15 is 0 Å². The Balaban J connectivity index is 0.00000320. The lowest BCUT2D eigenvalue weighted by Crippen LogP contribution is -2.47. The molecule has 0 heterocycles. The number of amides is 1. The van der Waals surface area contributed by atoms with E-state index in [2.05, 4.69) is 20.9 Å². The maximum Gasteiger partial charge on any atom is 0.223 e. The van der Waals surface area contributed by atoms with Gasteiger partial charge in [0.15, 0.2) is 5.96 Å². The van der Waals surface area contributed by atoms with Crippen LogP contribution in [0.25, 0.3) is 0 Å². The van der Waals surface area contributed by atoms with Crippen molar-refractivity contribution in [3.8, 4) is 11.5 Å². The summed E-state index contributed by atoms with van der Waals surface area (Å²) in [5, 5.41) is 9.98. The molecule has 1 amide bonds. The van der Waals surface area contributed by atoms with Crippen LogP contribution in [0.15, 0.2) is 29.3 Å². The molecule has 0 saturated heterocycles.